The van der Waals surface area contributed by atoms with Crippen molar-refractivity contribution in [1.82, 2.24) is 19.8 Å². The van der Waals surface area contributed by atoms with Gasteiger partial charge in [0.1, 0.15) is 5.82 Å². The molecule has 124 valence electrons. The second-order valence-corrected chi connectivity index (χ2v) is 6.30. The van der Waals surface area contributed by atoms with Crippen LogP contribution in [0.15, 0.2) is 12.4 Å². The van der Waals surface area contributed by atoms with Crippen LogP contribution in [0.1, 0.15) is 45.5 Å². The molecule has 1 aliphatic rings. The van der Waals surface area contributed by atoms with Gasteiger partial charge in [-0.25, -0.2) is 9.78 Å². The quantitative estimate of drug-likeness (QED) is 0.927. The van der Waals surface area contributed by atoms with Crippen molar-refractivity contribution in [3.8, 4) is 0 Å². The molecule has 0 bridgehead atoms. The van der Waals surface area contributed by atoms with Crippen molar-refractivity contribution in [3.05, 3.63) is 18.2 Å². The average molecular weight is 314 g/mol. The van der Waals surface area contributed by atoms with Gasteiger partial charge in [-0.1, -0.05) is 13.8 Å². The van der Waals surface area contributed by atoms with E-state index in [1.165, 1.54) is 17.3 Å². The fraction of sp³-hybridized carbons (Fsp3) is 0.733. The Bertz CT molecular complexity index is 505. The summed E-state index contributed by atoms with van der Waals surface area (Å²) in [7, 11) is 1.59. The Labute approximate surface area is 129 Å². The number of hydrogen-bond donors (Lipinski definition) is 1. The van der Waals surface area contributed by atoms with Gasteiger partial charge in [0.15, 0.2) is 0 Å². The molecule has 1 aliphatic carbocycles. The number of nitrogens with one attached hydrogen (secondary N) is 1. The molecule has 5 nitrogen and oxygen atoms in total. The molecule has 0 saturated heterocycles. The standard InChI is InChI=1S/C15H24F2N4O/c1-10-4-5-12(8-11(10)2)19-15(22)20(3)9-13-18-6-7-21(13)14(16)17/h6-7,10-12,14H,4-5,8-9H2,1-3H3,(H,19,22)/t10-,11-,12-/m1/s1. The van der Waals surface area contributed by atoms with E-state index in [1.807, 2.05) is 0 Å². The third-order valence-corrected chi connectivity index (χ3v) is 4.61. The zero-order valence-electron chi connectivity index (χ0n) is 13.3. The normalized spacial score (nSPS) is 25.3. The highest BCUT2D eigenvalue weighted by Gasteiger charge is 2.26. The maximum absolute atomic E-state index is 12.8. The highest BCUT2D eigenvalue weighted by molar-refractivity contribution is 5.74. The molecule has 22 heavy (non-hydrogen) atoms. The van der Waals surface area contributed by atoms with Crippen molar-refractivity contribution < 1.29 is 13.6 Å². The van der Waals surface area contributed by atoms with Gasteiger partial charge in [-0.15, -0.1) is 0 Å². The molecule has 3 atom stereocenters. The van der Waals surface area contributed by atoms with Crippen LogP contribution in [0.3, 0.4) is 0 Å². The number of carbonyl (C=O) groups excluding carboxylic acids is 1. The van der Waals surface area contributed by atoms with Crippen LogP contribution in [0.5, 0.6) is 0 Å². The van der Waals surface area contributed by atoms with E-state index in [0.717, 1.165) is 23.8 Å². The molecule has 0 aromatic carbocycles. The molecule has 0 spiro atoms. The summed E-state index contributed by atoms with van der Waals surface area (Å²) in [6, 6.07) is -0.0773. The number of alkyl halides is 2. The summed E-state index contributed by atoms with van der Waals surface area (Å²) in [5, 5.41) is 2.99. The SMILES string of the molecule is C[C@@H]1CC[C@@H](NC(=O)N(C)Cc2nccn2C(F)F)C[C@H]1C. The zero-order valence-corrected chi connectivity index (χ0v) is 13.3. The van der Waals surface area contributed by atoms with E-state index in [0.29, 0.717) is 11.8 Å². The predicted molar refractivity (Wildman–Crippen MR) is 79.4 cm³/mol. The molecule has 0 aliphatic heterocycles. The van der Waals surface area contributed by atoms with Crippen LogP contribution in [-0.4, -0.2) is 33.6 Å². The van der Waals surface area contributed by atoms with E-state index in [2.05, 4.69) is 24.1 Å². The van der Waals surface area contributed by atoms with Crippen molar-refractivity contribution in [2.45, 2.75) is 52.2 Å². The number of nitrogens with zero attached hydrogens (tertiary/aromatic N) is 3. The van der Waals surface area contributed by atoms with E-state index < -0.39 is 6.55 Å². The Hall–Kier alpha value is -1.66. The highest BCUT2D eigenvalue weighted by Crippen LogP contribution is 2.29. The van der Waals surface area contributed by atoms with Crippen LogP contribution in [0, 0.1) is 11.8 Å². The first-order valence-electron chi connectivity index (χ1n) is 7.70. The second kappa shape index (κ2) is 7.07. The van der Waals surface area contributed by atoms with Crippen molar-refractivity contribution in [1.29, 1.82) is 0 Å². The summed E-state index contributed by atoms with van der Waals surface area (Å²) >= 11 is 0. The second-order valence-electron chi connectivity index (χ2n) is 6.30. The lowest BCUT2D eigenvalue weighted by Gasteiger charge is -2.33. The first kappa shape index (κ1) is 16.7. The lowest BCUT2D eigenvalue weighted by atomic mass is 9.79. The van der Waals surface area contributed by atoms with Crippen molar-refractivity contribution in [3.63, 3.8) is 0 Å². The third-order valence-electron chi connectivity index (χ3n) is 4.61. The summed E-state index contributed by atoms with van der Waals surface area (Å²) < 4.78 is 26.3. The molecule has 1 aromatic rings. The first-order chi connectivity index (χ1) is 10.4. The summed E-state index contributed by atoms with van der Waals surface area (Å²) in [5.74, 6) is 1.45. The monoisotopic (exact) mass is 314 g/mol. The molecule has 7 heteroatoms. The van der Waals surface area contributed by atoms with Gasteiger partial charge < -0.3 is 10.2 Å². The lowest BCUT2D eigenvalue weighted by Crippen LogP contribution is -2.45. The fourth-order valence-electron chi connectivity index (χ4n) is 2.89. The van der Waals surface area contributed by atoms with Gasteiger partial charge in [-0.2, -0.15) is 8.78 Å². The highest BCUT2D eigenvalue weighted by atomic mass is 19.3. The van der Waals surface area contributed by atoms with Gasteiger partial charge in [-0.3, -0.25) is 4.57 Å². The molecular formula is C15H24F2N4O. The smallest absolute Gasteiger partial charge is 0.319 e. The maximum atomic E-state index is 12.8. The van der Waals surface area contributed by atoms with Crippen molar-refractivity contribution in [2.24, 2.45) is 11.8 Å². The Morgan fingerprint density at radius 1 is 1.45 bits per heavy atom. The lowest BCUT2D eigenvalue weighted by molar-refractivity contribution is 0.0650. The zero-order chi connectivity index (χ0) is 16.3. The van der Waals surface area contributed by atoms with Crippen LogP contribution in [0.4, 0.5) is 13.6 Å². The van der Waals surface area contributed by atoms with Crippen LogP contribution < -0.4 is 5.32 Å². The third kappa shape index (κ3) is 3.96. The summed E-state index contributed by atoms with van der Waals surface area (Å²) in [4.78, 5) is 17.5. The van der Waals surface area contributed by atoms with E-state index in [1.54, 1.807) is 7.05 Å². The number of urea groups is 1. The van der Waals surface area contributed by atoms with Gasteiger partial charge in [0.05, 0.1) is 6.54 Å². The Morgan fingerprint density at radius 2 is 2.18 bits per heavy atom. The largest absolute Gasteiger partial charge is 0.335 e. The Kier molecular flexibility index (Phi) is 5.37. The number of carbonyl (C=O) groups is 1. The molecule has 1 N–H and O–H groups in total. The molecule has 1 saturated carbocycles. The minimum absolute atomic E-state index is 0.0574. The minimum Gasteiger partial charge on any atom is -0.335 e. The summed E-state index contributed by atoms with van der Waals surface area (Å²) in [5.41, 5.74) is 0. The maximum Gasteiger partial charge on any atom is 0.319 e. The van der Waals surface area contributed by atoms with Gasteiger partial charge in [0.2, 0.25) is 0 Å². The Balaban J connectivity index is 1.88. The number of halogens is 2. The summed E-state index contributed by atoms with van der Waals surface area (Å²) in [6.45, 7) is 1.85. The predicted octanol–water partition coefficient (Wildman–Crippen LogP) is 3.24. The number of imidazole rings is 1. The van der Waals surface area contributed by atoms with Crippen molar-refractivity contribution >= 4 is 6.03 Å². The van der Waals surface area contributed by atoms with Gasteiger partial charge in [0.25, 0.3) is 0 Å². The topological polar surface area (TPSA) is 50.2 Å². The number of aromatic nitrogens is 2. The Morgan fingerprint density at radius 3 is 2.82 bits per heavy atom. The first-order valence-corrected chi connectivity index (χ1v) is 7.70. The van der Waals surface area contributed by atoms with Crippen LogP contribution >= 0.6 is 0 Å². The molecule has 2 rings (SSSR count). The summed E-state index contributed by atoms with van der Waals surface area (Å²) in [6.07, 6.45) is 5.57. The van der Waals surface area contributed by atoms with Crippen LogP contribution in [-0.2, 0) is 6.54 Å². The van der Waals surface area contributed by atoms with Crippen LogP contribution in [0.25, 0.3) is 0 Å². The molecule has 1 heterocycles. The van der Waals surface area contributed by atoms with Gasteiger partial charge in [0, 0.05) is 25.5 Å². The minimum atomic E-state index is -2.64. The fourth-order valence-corrected chi connectivity index (χ4v) is 2.89. The average Bonchev–Trinajstić information content (AvgIpc) is 2.91. The number of rotatable bonds is 4. The molecule has 1 fully saturated rings. The molecule has 0 unspecified atom stereocenters. The molecule has 2 amide bonds. The number of hydrogen-bond acceptors (Lipinski definition) is 2. The van der Waals surface area contributed by atoms with E-state index in [9.17, 15) is 13.6 Å². The van der Waals surface area contributed by atoms with Crippen LogP contribution in [0.2, 0.25) is 0 Å². The van der Waals surface area contributed by atoms with Gasteiger partial charge >= 0.3 is 12.6 Å². The molecular weight excluding hydrogens is 290 g/mol. The van der Waals surface area contributed by atoms with E-state index >= 15 is 0 Å². The van der Waals surface area contributed by atoms with E-state index in [4.69, 9.17) is 0 Å². The number of amides is 2. The van der Waals surface area contributed by atoms with Gasteiger partial charge in [-0.05, 0) is 31.1 Å². The van der Waals surface area contributed by atoms with Crippen molar-refractivity contribution in [2.75, 3.05) is 7.05 Å². The van der Waals surface area contributed by atoms with E-state index in [-0.39, 0.29) is 24.4 Å². The molecule has 1 aromatic heterocycles. The molecule has 0 radical (unpaired) electrons.